The van der Waals surface area contributed by atoms with E-state index in [1.54, 1.807) is 6.07 Å². The summed E-state index contributed by atoms with van der Waals surface area (Å²) in [4.78, 5) is 0. The average molecular weight is 345 g/mol. The number of hydrogen-bond donors (Lipinski definition) is 1. The van der Waals surface area contributed by atoms with Crippen molar-refractivity contribution < 1.29 is 4.74 Å². The monoisotopic (exact) mass is 343 g/mol. The van der Waals surface area contributed by atoms with Crippen LogP contribution in [0.25, 0.3) is 0 Å². The van der Waals surface area contributed by atoms with Gasteiger partial charge in [0, 0.05) is 27.7 Å². The lowest BCUT2D eigenvalue weighted by Gasteiger charge is -2.14. The third-order valence-corrected chi connectivity index (χ3v) is 3.88. The third-order valence-electron chi connectivity index (χ3n) is 3.03. The number of hydrogen-bond acceptors (Lipinski definition) is 2. The summed E-state index contributed by atoms with van der Waals surface area (Å²) in [6, 6.07) is 9.39. The van der Waals surface area contributed by atoms with Crippen LogP contribution in [0.5, 0.6) is 5.75 Å². The molecule has 112 valence electrons. The maximum absolute atomic E-state index is 6.23. The lowest BCUT2D eigenvalue weighted by Crippen LogP contribution is -2.08. The molecule has 2 aromatic rings. The van der Waals surface area contributed by atoms with Crippen molar-refractivity contribution in [3.8, 4) is 5.75 Å². The molecule has 2 nitrogen and oxygen atoms in total. The molecule has 0 fully saturated rings. The van der Waals surface area contributed by atoms with Crippen LogP contribution in [0, 0.1) is 6.92 Å². The van der Waals surface area contributed by atoms with Gasteiger partial charge in [-0.1, -0.05) is 46.9 Å². The fourth-order valence-electron chi connectivity index (χ4n) is 2.02. The lowest BCUT2D eigenvalue weighted by atomic mass is 10.1. The molecule has 0 aliphatic rings. The van der Waals surface area contributed by atoms with Gasteiger partial charge in [0.25, 0.3) is 0 Å². The zero-order valence-electron chi connectivity index (χ0n) is 11.8. The van der Waals surface area contributed by atoms with E-state index in [0.29, 0.717) is 34.0 Å². The van der Waals surface area contributed by atoms with Crippen LogP contribution in [-0.2, 0) is 13.2 Å². The highest BCUT2D eigenvalue weighted by molar-refractivity contribution is 6.35. The molecular weight excluding hydrogens is 329 g/mol. The summed E-state index contributed by atoms with van der Waals surface area (Å²) in [5, 5.41) is 4.85. The summed E-state index contributed by atoms with van der Waals surface area (Å²) in [7, 11) is 1.86. The van der Waals surface area contributed by atoms with Crippen LogP contribution in [0.4, 0.5) is 0 Å². The summed E-state index contributed by atoms with van der Waals surface area (Å²) in [5.74, 6) is 0.632. The Morgan fingerprint density at radius 3 is 2.43 bits per heavy atom. The first-order chi connectivity index (χ1) is 10.0. The SMILES string of the molecule is CNCc1cc(Cl)cc(Cl)c1OCc1ccc(C)cc1Cl. The number of halogens is 3. The van der Waals surface area contributed by atoms with Crippen LogP contribution in [0.15, 0.2) is 30.3 Å². The normalized spacial score (nSPS) is 10.7. The molecule has 1 N–H and O–H groups in total. The largest absolute Gasteiger partial charge is 0.487 e. The number of ether oxygens (including phenoxy) is 1. The van der Waals surface area contributed by atoms with Crippen molar-refractivity contribution in [1.82, 2.24) is 5.32 Å². The zero-order valence-corrected chi connectivity index (χ0v) is 14.1. The molecule has 0 amide bonds. The van der Waals surface area contributed by atoms with Gasteiger partial charge in [-0.05, 0) is 37.7 Å². The molecule has 0 aliphatic carbocycles. The van der Waals surface area contributed by atoms with Gasteiger partial charge in [0.1, 0.15) is 12.4 Å². The molecule has 5 heteroatoms. The minimum Gasteiger partial charge on any atom is -0.487 e. The Morgan fingerprint density at radius 1 is 1.00 bits per heavy atom. The van der Waals surface area contributed by atoms with Crippen molar-refractivity contribution in [1.29, 1.82) is 0 Å². The van der Waals surface area contributed by atoms with Gasteiger partial charge in [0.05, 0.1) is 5.02 Å². The van der Waals surface area contributed by atoms with E-state index in [9.17, 15) is 0 Å². The molecule has 0 spiro atoms. The summed E-state index contributed by atoms with van der Waals surface area (Å²) >= 11 is 18.5. The van der Waals surface area contributed by atoms with Crippen molar-refractivity contribution in [3.05, 3.63) is 62.1 Å². The number of aryl methyl sites for hydroxylation is 1. The average Bonchev–Trinajstić information content (AvgIpc) is 2.40. The molecule has 0 heterocycles. The minimum absolute atomic E-state index is 0.358. The van der Waals surface area contributed by atoms with Gasteiger partial charge < -0.3 is 10.1 Å². The number of rotatable bonds is 5. The van der Waals surface area contributed by atoms with Crippen molar-refractivity contribution in [2.75, 3.05) is 7.05 Å². The Balaban J connectivity index is 2.23. The highest BCUT2D eigenvalue weighted by Crippen LogP contribution is 2.33. The standard InChI is InChI=1S/C16H16Cl3NO/c1-10-3-4-11(14(18)5-10)9-21-16-12(8-20-2)6-13(17)7-15(16)19/h3-7,20H,8-9H2,1-2H3. The van der Waals surface area contributed by atoms with Gasteiger partial charge in [-0.15, -0.1) is 0 Å². The second kappa shape index (κ2) is 7.37. The van der Waals surface area contributed by atoms with E-state index in [1.165, 1.54) is 0 Å². The smallest absolute Gasteiger partial charge is 0.142 e. The summed E-state index contributed by atoms with van der Waals surface area (Å²) in [6.07, 6.45) is 0. The topological polar surface area (TPSA) is 21.3 Å². The van der Waals surface area contributed by atoms with E-state index in [4.69, 9.17) is 39.5 Å². The predicted molar refractivity (Wildman–Crippen MR) is 89.7 cm³/mol. The Labute approximate surface area is 140 Å². The molecule has 0 radical (unpaired) electrons. The van der Waals surface area contributed by atoms with E-state index in [-0.39, 0.29) is 0 Å². The Morgan fingerprint density at radius 2 is 1.76 bits per heavy atom. The second-order valence-corrected chi connectivity index (χ2v) is 6.04. The maximum atomic E-state index is 6.23. The zero-order chi connectivity index (χ0) is 15.4. The molecule has 0 bridgehead atoms. The van der Waals surface area contributed by atoms with Crippen LogP contribution < -0.4 is 10.1 Å². The molecule has 2 aromatic carbocycles. The first kappa shape index (κ1) is 16.4. The van der Waals surface area contributed by atoms with Crippen molar-refractivity contribution in [3.63, 3.8) is 0 Å². The summed E-state index contributed by atoms with van der Waals surface area (Å²) in [5.41, 5.74) is 2.95. The fraction of sp³-hybridized carbons (Fsp3) is 0.250. The molecule has 0 atom stereocenters. The lowest BCUT2D eigenvalue weighted by molar-refractivity contribution is 0.302. The van der Waals surface area contributed by atoms with Gasteiger partial charge in [-0.3, -0.25) is 0 Å². The minimum atomic E-state index is 0.358. The number of benzene rings is 2. The molecule has 0 aliphatic heterocycles. The first-order valence-corrected chi connectivity index (χ1v) is 7.65. The Hall–Kier alpha value is -0.930. The number of nitrogens with one attached hydrogen (secondary N) is 1. The van der Waals surface area contributed by atoms with Crippen LogP contribution >= 0.6 is 34.8 Å². The van der Waals surface area contributed by atoms with E-state index in [1.807, 2.05) is 38.2 Å². The molecule has 2 rings (SSSR count). The quantitative estimate of drug-likeness (QED) is 0.799. The maximum Gasteiger partial charge on any atom is 0.142 e. The van der Waals surface area contributed by atoms with Gasteiger partial charge >= 0.3 is 0 Å². The Bertz CT molecular complexity index is 644. The van der Waals surface area contributed by atoms with Gasteiger partial charge in [-0.25, -0.2) is 0 Å². The summed E-state index contributed by atoms with van der Waals surface area (Å²) in [6.45, 7) is 2.98. The Kier molecular flexibility index (Phi) is 5.77. The van der Waals surface area contributed by atoms with E-state index >= 15 is 0 Å². The highest BCUT2D eigenvalue weighted by atomic mass is 35.5. The van der Waals surface area contributed by atoms with Gasteiger partial charge in [0.15, 0.2) is 0 Å². The first-order valence-electron chi connectivity index (χ1n) is 6.51. The van der Waals surface area contributed by atoms with Crippen LogP contribution in [0.1, 0.15) is 16.7 Å². The van der Waals surface area contributed by atoms with E-state index in [2.05, 4.69) is 5.32 Å². The van der Waals surface area contributed by atoms with Gasteiger partial charge in [-0.2, -0.15) is 0 Å². The molecular formula is C16H16Cl3NO. The fourth-order valence-corrected chi connectivity index (χ4v) is 2.90. The molecule has 0 aromatic heterocycles. The second-order valence-electron chi connectivity index (χ2n) is 4.79. The van der Waals surface area contributed by atoms with E-state index in [0.717, 1.165) is 16.7 Å². The van der Waals surface area contributed by atoms with Crippen molar-refractivity contribution in [2.24, 2.45) is 0 Å². The molecule has 21 heavy (non-hydrogen) atoms. The molecule has 0 saturated heterocycles. The highest BCUT2D eigenvalue weighted by Gasteiger charge is 2.11. The van der Waals surface area contributed by atoms with Crippen LogP contribution in [0.2, 0.25) is 15.1 Å². The van der Waals surface area contributed by atoms with E-state index < -0.39 is 0 Å². The van der Waals surface area contributed by atoms with Crippen LogP contribution in [-0.4, -0.2) is 7.05 Å². The predicted octanol–water partition coefficient (Wildman–Crippen LogP) is 5.25. The van der Waals surface area contributed by atoms with Crippen LogP contribution in [0.3, 0.4) is 0 Å². The van der Waals surface area contributed by atoms with Gasteiger partial charge in [0.2, 0.25) is 0 Å². The summed E-state index contributed by atoms with van der Waals surface area (Å²) < 4.78 is 5.87. The molecule has 0 saturated carbocycles. The van der Waals surface area contributed by atoms with Crippen molar-refractivity contribution >= 4 is 34.8 Å². The van der Waals surface area contributed by atoms with Crippen molar-refractivity contribution in [2.45, 2.75) is 20.1 Å². The molecule has 0 unspecified atom stereocenters. The third kappa shape index (κ3) is 4.27.